The van der Waals surface area contributed by atoms with Gasteiger partial charge in [0.05, 0.1) is 0 Å². The van der Waals surface area contributed by atoms with Gasteiger partial charge in [-0.1, -0.05) is 41.6 Å². The third-order valence-corrected chi connectivity index (χ3v) is 5.11. The van der Waals surface area contributed by atoms with Crippen LogP contribution in [0.2, 0.25) is 0 Å². The van der Waals surface area contributed by atoms with E-state index in [9.17, 15) is 14.8 Å². The highest BCUT2D eigenvalue weighted by Crippen LogP contribution is 2.38. The summed E-state index contributed by atoms with van der Waals surface area (Å²) in [5, 5.41) is 14.2. The lowest BCUT2D eigenvalue weighted by atomic mass is 10.1. The second-order valence-corrected chi connectivity index (χ2v) is 8.89. The van der Waals surface area contributed by atoms with Crippen LogP contribution in [-0.4, -0.2) is 47.2 Å². The molecule has 0 aromatic heterocycles. The van der Waals surface area contributed by atoms with E-state index in [1.165, 1.54) is 5.01 Å². The number of carbonyl (C=O) groups excluding carboxylic acids is 2. The van der Waals surface area contributed by atoms with E-state index in [0.29, 0.717) is 31.0 Å². The number of allylic oxidation sites excluding steroid dienone is 1. The van der Waals surface area contributed by atoms with Gasteiger partial charge in [0.1, 0.15) is 23.7 Å². The largest absolute Gasteiger partial charge is 0.490 e. The number of fused-ring (bicyclic) bond motifs is 3. The molecular formula is C26H31N3O5. The third kappa shape index (κ3) is 6.60. The van der Waals surface area contributed by atoms with Gasteiger partial charge in [-0.05, 0) is 69.4 Å². The van der Waals surface area contributed by atoms with Gasteiger partial charge in [-0.2, -0.15) is 0 Å². The molecule has 0 heterocycles. The maximum atomic E-state index is 11.7. The molecule has 34 heavy (non-hydrogen) atoms. The minimum atomic E-state index is -0.649. The van der Waals surface area contributed by atoms with Crippen LogP contribution in [0.1, 0.15) is 51.2 Å². The van der Waals surface area contributed by atoms with Crippen LogP contribution in [0.15, 0.2) is 59.8 Å². The number of hydrazine groups is 1. The fourth-order valence-electron chi connectivity index (χ4n) is 3.65. The summed E-state index contributed by atoms with van der Waals surface area (Å²) in [4.78, 5) is 22.9. The van der Waals surface area contributed by atoms with Gasteiger partial charge in [0, 0.05) is 17.7 Å². The lowest BCUT2D eigenvalue weighted by Gasteiger charge is -2.23. The van der Waals surface area contributed by atoms with Crippen molar-refractivity contribution in [2.75, 3.05) is 13.2 Å². The van der Waals surface area contributed by atoms with Crippen molar-refractivity contribution in [3.8, 4) is 16.9 Å². The molecule has 0 unspecified atom stereocenters. The van der Waals surface area contributed by atoms with E-state index < -0.39 is 11.7 Å². The highest BCUT2D eigenvalue weighted by Gasteiger charge is 2.25. The number of hydrogen-bond donors (Lipinski definition) is 2. The molecule has 0 spiro atoms. The first kappa shape index (κ1) is 24.8. The van der Waals surface area contributed by atoms with E-state index in [2.05, 4.69) is 10.6 Å². The molecule has 0 atom stereocenters. The molecule has 2 N–H and O–H groups in total. The topological polar surface area (TPSA) is 100 Å². The number of amides is 2. The van der Waals surface area contributed by atoms with Crippen molar-refractivity contribution in [1.82, 2.24) is 10.4 Å². The Hall–Kier alpha value is -3.81. The highest BCUT2D eigenvalue weighted by atomic mass is 16.6. The molecule has 0 saturated carbocycles. The maximum Gasteiger partial charge on any atom is 0.426 e. The standard InChI is InChI=1S/C26H31N3O5/c1-26(2,3)34-25(31)27-29(18-30)15-9-5-4-6-10-16-33-19-13-14-21-20-11-7-8-12-22(20)24(28-32)23(21)17-19/h6-8,10-14,17-18,32H,4-5,9,15-16H2,1-3H3,(H,27,31)/b10-6-,28-24-. The SMILES string of the molecule is CC(C)(C)OC(=O)NN(C=O)CCCC/C=C\COc1ccc2c(c1)/C(=N\O)c1ccccc1-2. The number of nitrogens with zero attached hydrogens (tertiary/aromatic N) is 2. The van der Waals surface area contributed by atoms with Crippen molar-refractivity contribution in [2.45, 2.75) is 45.6 Å². The van der Waals surface area contributed by atoms with E-state index in [1.807, 2.05) is 54.6 Å². The van der Waals surface area contributed by atoms with E-state index in [-0.39, 0.29) is 0 Å². The molecule has 2 amide bonds. The average Bonchev–Trinajstić information content (AvgIpc) is 3.11. The zero-order valence-electron chi connectivity index (χ0n) is 19.8. The second-order valence-electron chi connectivity index (χ2n) is 8.89. The molecular weight excluding hydrogens is 434 g/mol. The van der Waals surface area contributed by atoms with Crippen LogP contribution in [0.3, 0.4) is 0 Å². The minimum absolute atomic E-state index is 0.402. The summed E-state index contributed by atoms with van der Waals surface area (Å²) in [6.45, 7) is 6.10. The molecule has 8 heteroatoms. The van der Waals surface area contributed by atoms with Crippen molar-refractivity contribution in [3.63, 3.8) is 0 Å². The Labute approximate surface area is 199 Å². The Morgan fingerprint density at radius 1 is 1.06 bits per heavy atom. The van der Waals surface area contributed by atoms with Gasteiger partial charge in [0.15, 0.2) is 0 Å². The van der Waals surface area contributed by atoms with Crippen LogP contribution in [0.5, 0.6) is 5.75 Å². The summed E-state index contributed by atoms with van der Waals surface area (Å²) >= 11 is 0. The smallest absolute Gasteiger partial charge is 0.426 e. The first-order chi connectivity index (χ1) is 16.3. The molecule has 0 saturated heterocycles. The number of benzene rings is 2. The lowest BCUT2D eigenvalue weighted by Crippen LogP contribution is -2.44. The van der Waals surface area contributed by atoms with Crippen molar-refractivity contribution >= 4 is 18.2 Å². The predicted molar refractivity (Wildman–Crippen MR) is 130 cm³/mol. The van der Waals surface area contributed by atoms with E-state index in [1.54, 1.807) is 20.8 Å². The number of rotatable bonds is 10. The van der Waals surface area contributed by atoms with Crippen molar-refractivity contribution in [1.29, 1.82) is 0 Å². The molecule has 2 aromatic carbocycles. The van der Waals surface area contributed by atoms with Gasteiger partial charge < -0.3 is 14.7 Å². The summed E-state index contributed by atoms with van der Waals surface area (Å²) in [6, 6.07) is 13.6. The van der Waals surface area contributed by atoms with E-state index in [0.717, 1.165) is 41.5 Å². The fraction of sp³-hybridized carbons (Fsp3) is 0.346. The Morgan fingerprint density at radius 2 is 1.79 bits per heavy atom. The first-order valence-corrected chi connectivity index (χ1v) is 11.3. The predicted octanol–water partition coefficient (Wildman–Crippen LogP) is 4.90. The Morgan fingerprint density at radius 3 is 2.50 bits per heavy atom. The summed E-state index contributed by atoms with van der Waals surface area (Å²) in [7, 11) is 0. The van der Waals surface area contributed by atoms with Crippen LogP contribution in [-0.2, 0) is 9.53 Å². The zero-order chi connectivity index (χ0) is 24.6. The monoisotopic (exact) mass is 465 g/mol. The summed E-state index contributed by atoms with van der Waals surface area (Å²) in [5.41, 5.74) is 6.19. The van der Waals surface area contributed by atoms with Crippen LogP contribution in [0.4, 0.5) is 4.79 Å². The van der Waals surface area contributed by atoms with Gasteiger partial charge in [-0.15, -0.1) is 0 Å². The average molecular weight is 466 g/mol. The van der Waals surface area contributed by atoms with Gasteiger partial charge in [-0.3, -0.25) is 9.80 Å². The minimum Gasteiger partial charge on any atom is -0.490 e. The van der Waals surface area contributed by atoms with Gasteiger partial charge in [0.2, 0.25) is 6.41 Å². The van der Waals surface area contributed by atoms with Crippen LogP contribution < -0.4 is 10.2 Å². The van der Waals surface area contributed by atoms with E-state index >= 15 is 0 Å². The van der Waals surface area contributed by atoms with Crippen molar-refractivity contribution in [3.05, 3.63) is 65.7 Å². The Kier molecular flexibility index (Phi) is 8.29. The number of unbranched alkanes of at least 4 members (excludes halogenated alkanes) is 2. The molecule has 8 nitrogen and oxygen atoms in total. The molecule has 2 aromatic rings. The number of oxime groups is 1. The van der Waals surface area contributed by atoms with Crippen LogP contribution in [0.25, 0.3) is 11.1 Å². The second kappa shape index (κ2) is 11.4. The summed E-state index contributed by atoms with van der Waals surface area (Å²) in [6.07, 6.45) is 6.30. The van der Waals surface area contributed by atoms with Crippen LogP contribution in [0, 0.1) is 0 Å². The van der Waals surface area contributed by atoms with Gasteiger partial charge in [-0.25, -0.2) is 10.2 Å². The number of nitrogens with one attached hydrogen (secondary N) is 1. The van der Waals surface area contributed by atoms with Gasteiger partial charge in [0.25, 0.3) is 0 Å². The summed E-state index contributed by atoms with van der Waals surface area (Å²) < 4.78 is 11.0. The summed E-state index contributed by atoms with van der Waals surface area (Å²) in [5.74, 6) is 0.701. The zero-order valence-corrected chi connectivity index (χ0v) is 19.8. The molecule has 0 fully saturated rings. The van der Waals surface area contributed by atoms with E-state index in [4.69, 9.17) is 9.47 Å². The molecule has 180 valence electrons. The van der Waals surface area contributed by atoms with Crippen molar-refractivity contribution in [2.24, 2.45) is 5.16 Å². The molecule has 0 radical (unpaired) electrons. The Balaban J connectivity index is 1.39. The first-order valence-electron chi connectivity index (χ1n) is 11.3. The molecule has 0 aliphatic heterocycles. The molecule has 3 rings (SSSR count). The number of hydrogen-bond acceptors (Lipinski definition) is 6. The van der Waals surface area contributed by atoms with Gasteiger partial charge >= 0.3 is 6.09 Å². The van der Waals surface area contributed by atoms with Crippen LogP contribution >= 0.6 is 0 Å². The fourth-order valence-corrected chi connectivity index (χ4v) is 3.65. The number of carbonyl (C=O) groups is 2. The molecule has 1 aliphatic rings. The normalized spacial score (nSPS) is 13.4. The quantitative estimate of drug-likeness (QED) is 0.146. The molecule has 1 aliphatic carbocycles. The lowest BCUT2D eigenvalue weighted by molar-refractivity contribution is -0.121. The number of ether oxygens (including phenoxy) is 2. The van der Waals surface area contributed by atoms with Crippen molar-refractivity contribution < 1.29 is 24.3 Å². The third-order valence-electron chi connectivity index (χ3n) is 5.11. The molecule has 0 bridgehead atoms. The maximum absolute atomic E-state index is 11.7. The Bertz CT molecular complexity index is 1070. The highest BCUT2D eigenvalue weighted by molar-refractivity contribution is 6.24.